The molecule has 4 heterocycles. The molecule has 0 spiro atoms. The van der Waals surface area contributed by atoms with Gasteiger partial charge in [0.05, 0.1) is 33.1 Å². The van der Waals surface area contributed by atoms with Crippen LogP contribution in [0.15, 0.2) is 146 Å². The van der Waals surface area contributed by atoms with Gasteiger partial charge in [-0.1, -0.05) is 97.1 Å². The lowest BCUT2D eigenvalue weighted by Crippen LogP contribution is -1.93. The molecule has 0 atom stereocenters. The number of hydrogen-bond acceptors (Lipinski definition) is 2. The molecule has 0 radical (unpaired) electrons. The van der Waals surface area contributed by atoms with Crippen LogP contribution in [0.3, 0.4) is 0 Å². The van der Waals surface area contributed by atoms with E-state index in [1.807, 2.05) is 24.3 Å². The maximum Gasteiger partial charge on any atom is 0.165 e. The third kappa shape index (κ3) is 3.07. The van der Waals surface area contributed by atoms with Crippen molar-refractivity contribution in [3.8, 4) is 16.8 Å². The molecule has 0 aliphatic rings. The minimum Gasteiger partial charge on any atom is -0.309 e. The lowest BCUT2D eigenvalue weighted by Gasteiger charge is -2.09. The highest BCUT2D eigenvalue weighted by molar-refractivity contribution is 6.24. The Morgan fingerprint density at radius 1 is 0.435 bits per heavy atom. The van der Waals surface area contributed by atoms with Crippen molar-refractivity contribution >= 4 is 82.0 Å². The number of fused-ring (bicyclic) bond motifs is 12. The predicted octanol–water partition coefficient (Wildman–Crippen LogP) is 10.7. The van der Waals surface area contributed by atoms with Gasteiger partial charge in [0.2, 0.25) is 0 Å². The van der Waals surface area contributed by atoms with Crippen molar-refractivity contribution in [2.45, 2.75) is 0 Å². The van der Waals surface area contributed by atoms with Gasteiger partial charge in [0.25, 0.3) is 0 Å². The Morgan fingerprint density at radius 2 is 1.15 bits per heavy atom. The molecule has 0 N–H and O–H groups in total. The van der Waals surface area contributed by atoms with E-state index in [0.717, 1.165) is 38.8 Å². The SMILES string of the molecule is c1ccc(-n2c3cc(-c4ccc5c(c4)c4cccc6c7nc8ccccc8nc7n5c46)ccc3c3c4ccccc4ccc32)cc1. The fraction of sp³-hybridized carbons (Fsp3) is 0. The van der Waals surface area contributed by atoms with Crippen LogP contribution in [0.2, 0.25) is 0 Å². The second kappa shape index (κ2) is 8.68. The summed E-state index contributed by atoms with van der Waals surface area (Å²) in [4.78, 5) is 10.2. The average molecular weight is 585 g/mol. The smallest absolute Gasteiger partial charge is 0.165 e. The van der Waals surface area contributed by atoms with Gasteiger partial charge in [-0.05, 0) is 70.4 Å². The average Bonchev–Trinajstić information content (AvgIpc) is 3.75. The van der Waals surface area contributed by atoms with E-state index in [0.29, 0.717) is 0 Å². The largest absolute Gasteiger partial charge is 0.309 e. The minimum atomic E-state index is 0.911. The second-order valence-electron chi connectivity index (χ2n) is 12.2. The van der Waals surface area contributed by atoms with Crippen LogP contribution in [-0.2, 0) is 0 Å². The van der Waals surface area contributed by atoms with Crippen molar-refractivity contribution in [2.75, 3.05) is 0 Å². The van der Waals surface area contributed by atoms with E-state index in [1.165, 1.54) is 60.0 Å². The molecule has 0 amide bonds. The van der Waals surface area contributed by atoms with Gasteiger partial charge in [-0.3, -0.25) is 4.40 Å². The normalized spacial score (nSPS) is 12.3. The molecule has 0 saturated carbocycles. The molecule has 4 nitrogen and oxygen atoms in total. The monoisotopic (exact) mass is 584 g/mol. The molecule has 46 heavy (non-hydrogen) atoms. The topological polar surface area (TPSA) is 35.1 Å². The summed E-state index contributed by atoms with van der Waals surface area (Å²) < 4.78 is 4.72. The minimum absolute atomic E-state index is 0.911. The quantitative estimate of drug-likeness (QED) is 0.203. The summed E-state index contributed by atoms with van der Waals surface area (Å²) in [5.74, 6) is 0. The van der Waals surface area contributed by atoms with Gasteiger partial charge in [0.15, 0.2) is 5.65 Å². The van der Waals surface area contributed by atoms with E-state index in [1.54, 1.807) is 0 Å². The number of rotatable bonds is 2. The third-order valence-electron chi connectivity index (χ3n) is 9.81. The first-order chi connectivity index (χ1) is 22.8. The molecular weight excluding hydrogens is 560 g/mol. The second-order valence-corrected chi connectivity index (χ2v) is 12.2. The molecule has 0 fully saturated rings. The summed E-state index contributed by atoms with van der Waals surface area (Å²) in [6, 6.07) is 52.4. The summed E-state index contributed by atoms with van der Waals surface area (Å²) in [5, 5.41) is 8.69. The Balaban J connectivity index is 1.19. The summed E-state index contributed by atoms with van der Waals surface area (Å²) >= 11 is 0. The highest BCUT2D eigenvalue weighted by Crippen LogP contribution is 2.42. The molecule has 4 aromatic heterocycles. The molecule has 7 aromatic carbocycles. The fourth-order valence-corrected chi connectivity index (χ4v) is 7.81. The van der Waals surface area contributed by atoms with Crippen molar-refractivity contribution in [1.82, 2.24) is 18.9 Å². The van der Waals surface area contributed by atoms with E-state index in [-0.39, 0.29) is 0 Å². The van der Waals surface area contributed by atoms with Crippen LogP contribution in [0, 0.1) is 0 Å². The lowest BCUT2D eigenvalue weighted by atomic mass is 9.99. The van der Waals surface area contributed by atoms with Gasteiger partial charge in [-0.15, -0.1) is 0 Å². The third-order valence-corrected chi connectivity index (χ3v) is 9.81. The first-order valence-electron chi connectivity index (χ1n) is 15.7. The number of aromatic nitrogens is 4. The van der Waals surface area contributed by atoms with Gasteiger partial charge < -0.3 is 4.57 Å². The van der Waals surface area contributed by atoms with Crippen LogP contribution in [0.25, 0.3) is 98.8 Å². The molecule has 11 aromatic rings. The van der Waals surface area contributed by atoms with Crippen LogP contribution < -0.4 is 0 Å². The Kier molecular flexibility index (Phi) is 4.55. The van der Waals surface area contributed by atoms with Gasteiger partial charge >= 0.3 is 0 Å². The first kappa shape index (κ1) is 24.1. The molecule has 4 heteroatoms. The first-order valence-corrected chi connectivity index (χ1v) is 15.7. The Hall–Kier alpha value is -6.26. The van der Waals surface area contributed by atoms with Crippen molar-refractivity contribution in [2.24, 2.45) is 0 Å². The van der Waals surface area contributed by atoms with E-state index < -0.39 is 0 Å². The maximum absolute atomic E-state index is 5.11. The zero-order chi connectivity index (χ0) is 29.9. The van der Waals surface area contributed by atoms with E-state index in [9.17, 15) is 0 Å². The van der Waals surface area contributed by atoms with Crippen LogP contribution in [0.5, 0.6) is 0 Å². The molecule has 0 bridgehead atoms. The van der Waals surface area contributed by atoms with Gasteiger partial charge in [0, 0.05) is 32.6 Å². The van der Waals surface area contributed by atoms with Crippen molar-refractivity contribution in [1.29, 1.82) is 0 Å². The van der Waals surface area contributed by atoms with Crippen molar-refractivity contribution in [3.63, 3.8) is 0 Å². The van der Waals surface area contributed by atoms with Crippen LogP contribution >= 0.6 is 0 Å². The maximum atomic E-state index is 5.11. The molecule has 212 valence electrons. The van der Waals surface area contributed by atoms with Crippen molar-refractivity contribution in [3.05, 3.63) is 146 Å². The zero-order valence-electron chi connectivity index (χ0n) is 24.6. The summed E-state index contributed by atoms with van der Waals surface area (Å²) in [5.41, 5.74) is 12.0. The summed E-state index contributed by atoms with van der Waals surface area (Å²) in [7, 11) is 0. The standard InChI is InChI=1S/C42H24N4/c1-2-10-28(11-3-1)45-37-22-18-25-9-4-5-12-29(25)39(37)31-20-17-27(24-38(31)45)26-19-21-36-33(23-26)30-13-8-14-32-40-42(46(36)41(30)32)44-35-16-7-6-15-34(35)43-40/h1-24H. The van der Waals surface area contributed by atoms with Crippen LogP contribution in [0.4, 0.5) is 0 Å². The number of benzene rings is 7. The molecule has 0 aliphatic carbocycles. The van der Waals surface area contributed by atoms with E-state index in [4.69, 9.17) is 9.97 Å². The molecule has 0 aliphatic heterocycles. The molecule has 0 saturated heterocycles. The van der Waals surface area contributed by atoms with Crippen LogP contribution in [-0.4, -0.2) is 18.9 Å². The van der Waals surface area contributed by atoms with E-state index in [2.05, 4.69) is 130 Å². The predicted molar refractivity (Wildman–Crippen MR) is 191 cm³/mol. The van der Waals surface area contributed by atoms with Gasteiger partial charge in [-0.25, -0.2) is 9.97 Å². The highest BCUT2D eigenvalue weighted by Gasteiger charge is 2.21. The molecule has 11 rings (SSSR count). The molecule has 0 unspecified atom stereocenters. The Morgan fingerprint density at radius 3 is 2.07 bits per heavy atom. The Bertz CT molecular complexity index is 3020. The summed E-state index contributed by atoms with van der Waals surface area (Å²) in [6.45, 7) is 0. The zero-order valence-corrected chi connectivity index (χ0v) is 24.6. The van der Waals surface area contributed by atoms with Crippen molar-refractivity contribution < 1.29 is 0 Å². The molecular formula is C42H24N4. The van der Waals surface area contributed by atoms with E-state index >= 15 is 0 Å². The lowest BCUT2D eigenvalue weighted by molar-refractivity contribution is 1.18. The van der Waals surface area contributed by atoms with Gasteiger partial charge in [-0.2, -0.15) is 0 Å². The highest BCUT2D eigenvalue weighted by atomic mass is 15.0. The number of nitrogens with zero attached hydrogens (tertiary/aromatic N) is 4. The summed E-state index contributed by atoms with van der Waals surface area (Å²) in [6.07, 6.45) is 0. The number of para-hydroxylation sites is 4. The van der Waals surface area contributed by atoms with Crippen LogP contribution in [0.1, 0.15) is 0 Å². The number of hydrogen-bond donors (Lipinski definition) is 0. The Labute approximate surface area is 262 Å². The van der Waals surface area contributed by atoms with Gasteiger partial charge in [0.1, 0.15) is 5.52 Å². The fourth-order valence-electron chi connectivity index (χ4n) is 7.81.